The molecule has 0 spiro atoms. The lowest BCUT2D eigenvalue weighted by Gasteiger charge is -2.45. The molecule has 2 N–H and O–H groups in total. The van der Waals surface area contributed by atoms with E-state index in [4.69, 9.17) is 4.74 Å². The van der Waals surface area contributed by atoms with Crippen molar-refractivity contribution in [3.63, 3.8) is 0 Å². The summed E-state index contributed by atoms with van der Waals surface area (Å²) < 4.78 is 5.51. The van der Waals surface area contributed by atoms with E-state index in [2.05, 4.69) is 0 Å². The molecule has 2 bridgehead atoms. The van der Waals surface area contributed by atoms with Gasteiger partial charge in [-0.05, 0) is 11.1 Å². The molecule has 94 valence electrons. The second-order valence-corrected chi connectivity index (χ2v) is 4.72. The van der Waals surface area contributed by atoms with Crippen LogP contribution in [0.1, 0.15) is 23.1 Å². The van der Waals surface area contributed by atoms with Crippen LogP contribution in [-0.2, 0) is 14.3 Å². The molecule has 5 heteroatoms. The van der Waals surface area contributed by atoms with Crippen molar-refractivity contribution in [3.05, 3.63) is 35.4 Å². The summed E-state index contributed by atoms with van der Waals surface area (Å²) in [7, 11) is 0. The minimum absolute atomic E-state index is 0.280. The smallest absolute Gasteiger partial charge is 0.310 e. The number of rotatable bonds is 2. The van der Waals surface area contributed by atoms with Crippen LogP contribution >= 0.6 is 0 Å². The molecule has 0 aromatic heterocycles. The summed E-state index contributed by atoms with van der Waals surface area (Å²) in [5.41, 5.74) is 1.73. The van der Waals surface area contributed by atoms with Crippen LogP contribution in [0.5, 0.6) is 0 Å². The van der Waals surface area contributed by atoms with Crippen LogP contribution in [0.15, 0.2) is 24.3 Å². The maximum Gasteiger partial charge on any atom is 0.310 e. The number of carboxylic acid groups (broad SMARTS) is 2. The summed E-state index contributed by atoms with van der Waals surface area (Å²) in [6.45, 7) is 0.280. The predicted molar refractivity (Wildman–Crippen MR) is 60.1 cm³/mol. The Hall–Kier alpha value is -1.88. The first kappa shape index (κ1) is 11.2. The van der Waals surface area contributed by atoms with E-state index in [0.29, 0.717) is 0 Å². The molecule has 5 nitrogen and oxygen atoms in total. The van der Waals surface area contributed by atoms with Crippen LogP contribution in [0, 0.1) is 11.8 Å². The fourth-order valence-corrected chi connectivity index (χ4v) is 3.14. The first-order valence-electron chi connectivity index (χ1n) is 5.77. The Morgan fingerprint density at radius 2 is 1.67 bits per heavy atom. The summed E-state index contributed by atoms with van der Waals surface area (Å²) in [6.07, 6.45) is -0.648. The van der Waals surface area contributed by atoms with Crippen LogP contribution in [0.2, 0.25) is 0 Å². The van der Waals surface area contributed by atoms with Crippen molar-refractivity contribution in [2.24, 2.45) is 11.8 Å². The van der Waals surface area contributed by atoms with Crippen molar-refractivity contribution < 1.29 is 24.5 Å². The van der Waals surface area contributed by atoms with E-state index in [-0.39, 0.29) is 12.5 Å². The van der Waals surface area contributed by atoms with Gasteiger partial charge in [-0.25, -0.2) is 0 Å². The molecule has 0 amide bonds. The summed E-state index contributed by atoms with van der Waals surface area (Å²) >= 11 is 0. The Labute approximate surface area is 103 Å². The zero-order chi connectivity index (χ0) is 12.9. The van der Waals surface area contributed by atoms with Crippen molar-refractivity contribution >= 4 is 11.9 Å². The third-order valence-corrected chi connectivity index (χ3v) is 3.87. The average molecular weight is 248 g/mol. The maximum atomic E-state index is 11.3. The maximum absolute atomic E-state index is 11.3. The monoisotopic (exact) mass is 248 g/mol. The lowest BCUT2D eigenvalue weighted by molar-refractivity contribution is -0.175. The number of aliphatic carboxylic acids is 2. The Morgan fingerprint density at radius 1 is 1.06 bits per heavy atom. The summed E-state index contributed by atoms with van der Waals surface area (Å²) in [6, 6.07) is 7.34. The van der Waals surface area contributed by atoms with Gasteiger partial charge in [-0.3, -0.25) is 9.59 Å². The van der Waals surface area contributed by atoms with Crippen LogP contribution in [0.25, 0.3) is 0 Å². The molecule has 1 fully saturated rings. The first-order chi connectivity index (χ1) is 8.61. The number of hydrogen-bond acceptors (Lipinski definition) is 3. The SMILES string of the molecule is O=C(O)[C@@H]1[C@H](C(=O)O)[C@H]2CO[C@H]1c1ccccc12. The number of carboxylic acids is 2. The van der Waals surface area contributed by atoms with Gasteiger partial charge in [-0.2, -0.15) is 0 Å². The first-order valence-corrected chi connectivity index (χ1v) is 5.77. The van der Waals surface area contributed by atoms with E-state index in [0.717, 1.165) is 11.1 Å². The van der Waals surface area contributed by atoms with Crippen LogP contribution in [-0.4, -0.2) is 28.8 Å². The standard InChI is InChI=1S/C13H12O5/c14-12(15)9-8-5-18-11(10(9)13(16)17)7-4-2-1-3-6(7)8/h1-4,8-11H,5H2,(H,14,15)(H,16,17)/t8-,9+,10+,11-/m0/s1. The second-order valence-electron chi connectivity index (χ2n) is 4.72. The van der Waals surface area contributed by atoms with E-state index < -0.39 is 29.9 Å². The molecular weight excluding hydrogens is 236 g/mol. The zero-order valence-corrected chi connectivity index (χ0v) is 9.45. The Kier molecular flexibility index (Phi) is 2.38. The predicted octanol–water partition coefficient (Wildman–Crippen LogP) is 1.26. The second kappa shape index (κ2) is 3.81. The van der Waals surface area contributed by atoms with E-state index >= 15 is 0 Å². The van der Waals surface area contributed by atoms with Gasteiger partial charge >= 0.3 is 11.9 Å². The Balaban J connectivity index is 2.16. The molecule has 1 aromatic rings. The number of benzene rings is 1. The number of fused-ring (bicyclic) bond motifs is 2. The molecule has 0 saturated carbocycles. The van der Waals surface area contributed by atoms with Gasteiger partial charge in [0.2, 0.25) is 0 Å². The molecule has 2 aliphatic heterocycles. The summed E-state index contributed by atoms with van der Waals surface area (Å²) in [4.78, 5) is 22.7. The number of hydrogen-bond donors (Lipinski definition) is 2. The quantitative estimate of drug-likeness (QED) is 0.823. The lowest BCUT2D eigenvalue weighted by atomic mass is 9.65. The highest BCUT2D eigenvalue weighted by Crippen LogP contribution is 2.51. The van der Waals surface area contributed by atoms with Gasteiger partial charge in [0.15, 0.2) is 0 Å². The van der Waals surface area contributed by atoms with E-state index in [9.17, 15) is 19.8 Å². The van der Waals surface area contributed by atoms with Gasteiger partial charge in [-0.1, -0.05) is 24.3 Å². The van der Waals surface area contributed by atoms with E-state index in [1.54, 1.807) is 0 Å². The van der Waals surface area contributed by atoms with Gasteiger partial charge in [0.25, 0.3) is 0 Å². The molecule has 4 rings (SSSR count). The summed E-state index contributed by atoms with van der Waals surface area (Å²) in [5.74, 6) is -4.45. The third kappa shape index (κ3) is 1.37. The Bertz CT molecular complexity index is 477. The van der Waals surface area contributed by atoms with Crippen molar-refractivity contribution in [2.45, 2.75) is 12.0 Å². The molecule has 4 atom stereocenters. The minimum atomic E-state index is -1.10. The van der Waals surface area contributed by atoms with E-state index in [1.165, 1.54) is 0 Å². The van der Waals surface area contributed by atoms with Gasteiger partial charge in [-0.15, -0.1) is 0 Å². The molecule has 1 aromatic carbocycles. The number of ether oxygens (including phenoxy) is 1. The zero-order valence-electron chi connectivity index (χ0n) is 9.45. The summed E-state index contributed by atoms with van der Waals surface area (Å²) in [5, 5.41) is 18.5. The largest absolute Gasteiger partial charge is 0.481 e. The van der Waals surface area contributed by atoms with Crippen molar-refractivity contribution in [1.29, 1.82) is 0 Å². The lowest BCUT2D eigenvalue weighted by Crippen LogP contribution is -2.48. The van der Waals surface area contributed by atoms with Crippen molar-refractivity contribution in [2.75, 3.05) is 6.61 Å². The molecule has 0 unspecified atom stereocenters. The molecule has 18 heavy (non-hydrogen) atoms. The van der Waals surface area contributed by atoms with Crippen molar-refractivity contribution in [3.8, 4) is 0 Å². The highest BCUT2D eigenvalue weighted by atomic mass is 16.5. The van der Waals surface area contributed by atoms with E-state index in [1.807, 2.05) is 24.3 Å². The van der Waals surface area contributed by atoms with Crippen LogP contribution in [0.4, 0.5) is 0 Å². The van der Waals surface area contributed by atoms with Gasteiger partial charge in [0.05, 0.1) is 18.6 Å². The van der Waals surface area contributed by atoms with Gasteiger partial charge in [0.1, 0.15) is 5.92 Å². The normalized spacial score (nSPS) is 32.9. The molecule has 0 radical (unpaired) electrons. The number of carbonyl (C=O) groups is 2. The molecular formula is C13H12O5. The topological polar surface area (TPSA) is 83.8 Å². The molecule has 1 aliphatic carbocycles. The third-order valence-electron chi connectivity index (χ3n) is 3.87. The molecule has 1 saturated heterocycles. The highest BCUT2D eigenvalue weighted by molar-refractivity contribution is 5.83. The fraction of sp³-hybridized carbons (Fsp3) is 0.385. The van der Waals surface area contributed by atoms with Crippen molar-refractivity contribution in [1.82, 2.24) is 0 Å². The molecule has 2 heterocycles. The Morgan fingerprint density at radius 3 is 2.28 bits per heavy atom. The van der Waals surface area contributed by atoms with Gasteiger partial charge in [0, 0.05) is 5.92 Å². The minimum Gasteiger partial charge on any atom is -0.481 e. The molecule has 3 aliphatic rings. The van der Waals surface area contributed by atoms with Crippen LogP contribution in [0.3, 0.4) is 0 Å². The highest BCUT2D eigenvalue weighted by Gasteiger charge is 2.54. The average Bonchev–Trinajstić information content (AvgIpc) is 2.38. The van der Waals surface area contributed by atoms with Gasteiger partial charge < -0.3 is 14.9 Å². The fourth-order valence-electron chi connectivity index (χ4n) is 3.14. The van der Waals surface area contributed by atoms with Crippen LogP contribution < -0.4 is 0 Å².